The zero-order valence-electron chi connectivity index (χ0n) is 23.9. The summed E-state index contributed by atoms with van der Waals surface area (Å²) < 4.78 is 50.1. The number of aromatic amines is 1. The molecule has 0 saturated carbocycles. The Morgan fingerprint density at radius 3 is 2.07 bits per heavy atom. The van der Waals surface area contributed by atoms with Crippen molar-refractivity contribution in [2.75, 3.05) is 13.2 Å². The van der Waals surface area contributed by atoms with Crippen molar-refractivity contribution in [2.24, 2.45) is 5.73 Å². The highest BCUT2D eigenvalue weighted by atomic mass is 19.4. The molecule has 15 heteroatoms. The summed E-state index contributed by atoms with van der Waals surface area (Å²) in [6.45, 7) is 3.61. The van der Waals surface area contributed by atoms with Gasteiger partial charge >= 0.3 is 29.8 Å². The summed E-state index contributed by atoms with van der Waals surface area (Å²) in [5.74, 6) is 1.28. The van der Waals surface area contributed by atoms with E-state index in [1.165, 1.54) is 6.20 Å². The van der Waals surface area contributed by atoms with Crippen LogP contribution in [0, 0.1) is 25.7 Å². The lowest BCUT2D eigenvalue weighted by atomic mass is 10.1. The topological polar surface area (TPSA) is 180 Å². The summed E-state index contributed by atoms with van der Waals surface area (Å²) >= 11 is 0. The molecule has 2 aromatic carbocycles. The number of nitrogens with two attached hydrogens (primary N) is 1. The first kappa shape index (κ1) is 34.3. The molecule has 4 N–H and O–H groups in total. The second-order valence-electron chi connectivity index (χ2n) is 9.66. The Balaban J connectivity index is 0.000000707. The van der Waals surface area contributed by atoms with Crippen LogP contribution in [0.1, 0.15) is 50.1 Å². The van der Waals surface area contributed by atoms with Crippen LogP contribution in [0.2, 0.25) is 0 Å². The Kier molecular flexibility index (Phi) is 11.4. The van der Waals surface area contributed by atoms with E-state index in [0.717, 1.165) is 15.7 Å². The van der Waals surface area contributed by atoms with E-state index in [-0.39, 0.29) is 25.1 Å². The molecule has 0 aliphatic carbocycles. The Hall–Kier alpha value is -5.20. The minimum Gasteiger partial charge on any atom is -0.475 e. The van der Waals surface area contributed by atoms with Gasteiger partial charge in [0.1, 0.15) is 30.6 Å². The predicted molar refractivity (Wildman–Crippen MR) is 151 cm³/mol. The third-order valence-electron chi connectivity index (χ3n) is 6.24. The number of nitrogens with zero attached hydrogens (tertiary/aromatic N) is 1. The van der Waals surface area contributed by atoms with E-state index in [1.54, 1.807) is 48.5 Å². The van der Waals surface area contributed by atoms with Gasteiger partial charge in [0, 0.05) is 12.6 Å². The van der Waals surface area contributed by atoms with Crippen molar-refractivity contribution < 1.29 is 46.9 Å². The number of aryl methyl sites for hydroxylation is 2. The number of nitrogens with one attached hydrogen (secondary N) is 1. The number of carbonyl (C=O) groups is 3. The van der Waals surface area contributed by atoms with E-state index in [4.69, 9.17) is 29.8 Å². The summed E-state index contributed by atoms with van der Waals surface area (Å²) in [5.41, 5.74) is 6.72. The number of rotatable bonds is 6. The highest BCUT2D eigenvalue weighted by molar-refractivity contribution is 5.90. The molecule has 4 rings (SSSR count). The first-order valence-corrected chi connectivity index (χ1v) is 13.2. The van der Waals surface area contributed by atoms with Crippen molar-refractivity contribution in [3.8, 4) is 11.8 Å². The molecule has 0 unspecified atom stereocenters. The third kappa shape index (κ3) is 9.65. The molecule has 238 valence electrons. The molecule has 1 fully saturated rings. The minimum atomic E-state index is -5.08. The maximum absolute atomic E-state index is 12.8. The monoisotopic (exact) mass is 631 g/mol. The Morgan fingerprint density at radius 2 is 1.56 bits per heavy atom. The predicted octanol–water partition coefficient (Wildman–Crippen LogP) is 2.47. The molecule has 1 saturated heterocycles. The van der Waals surface area contributed by atoms with Gasteiger partial charge in [-0.15, -0.1) is 0 Å². The second-order valence-corrected chi connectivity index (χ2v) is 9.66. The first-order chi connectivity index (χ1) is 21.2. The van der Waals surface area contributed by atoms with Gasteiger partial charge in [-0.25, -0.2) is 19.2 Å². The molecule has 0 amide bonds. The maximum Gasteiger partial charge on any atom is 0.490 e. The molecule has 45 heavy (non-hydrogen) atoms. The Bertz CT molecular complexity index is 1700. The Labute approximate surface area is 253 Å². The molecule has 0 radical (unpaired) electrons. The van der Waals surface area contributed by atoms with E-state index in [0.29, 0.717) is 11.1 Å². The number of H-pyrrole nitrogens is 1. The van der Waals surface area contributed by atoms with Gasteiger partial charge in [0.2, 0.25) is 0 Å². The van der Waals surface area contributed by atoms with Gasteiger partial charge in [-0.05, 0) is 38.1 Å². The normalized spacial score (nSPS) is 17.2. The third-order valence-corrected chi connectivity index (χ3v) is 6.24. The first-order valence-electron chi connectivity index (χ1n) is 13.2. The van der Waals surface area contributed by atoms with Gasteiger partial charge in [0.25, 0.3) is 5.56 Å². The smallest absolute Gasteiger partial charge is 0.475 e. The van der Waals surface area contributed by atoms with Crippen molar-refractivity contribution >= 4 is 17.9 Å². The Morgan fingerprint density at radius 1 is 1.02 bits per heavy atom. The largest absolute Gasteiger partial charge is 0.490 e. The second kappa shape index (κ2) is 15.0. The van der Waals surface area contributed by atoms with Crippen LogP contribution in [0.15, 0.2) is 64.3 Å². The number of carbonyl (C=O) groups excluding carboxylic acids is 2. The number of carboxylic acid groups (broad SMARTS) is 1. The summed E-state index contributed by atoms with van der Waals surface area (Å²) in [6, 6.07) is 13.7. The van der Waals surface area contributed by atoms with Crippen LogP contribution in [-0.4, -0.2) is 64.1 Å². The van der Waals surface area contributed by atoms with Crippen LogP contribution in [0.5, 0.6) is 0 Å². The molecule has 1 aliphatic rings. The van der Waals surface area contributed by atoms with Crippen molar-refractivity contribution in [3.05, 3.63) is 103 Å². The van der Waals surface area contributed by atoms with Gasteiger partial charge in [0.15, 0.2) is 0 Å². The number of aliphatic carboxylic acids is 1. The average molecular weight is 632 g/mol. The standard InChI is InChI=1S/C28H27N3O7.C2HF3O2/c1-17-5-9-19(10-6-17)26(33)36-16-23-22(38-27(34)20-11-7-18(2)8-12-20)14-24(37-23)31-15-21(4-3-13-29)25(32)30-28(31)35;3-2(4,5)1(6)7/h5-12,15,22-24H,13-14,16,29H2,1-2H3,(H,30,32,35);(H,6,7)/t22-,23+,24+;/m0./s1. The zero-order valence-corrected chi connectivity index (χ0v) is 23.9. The van der Waals surface area contributed by atoms with Gasteiger partial charge in [-0.1, -0.05) is 47.2 Å². The molecule has 3 atom stereocenters. The summed E-state index contributed by atoms with van der Waals surface area (Å²) in [6.07, 6.45) is -6.39. The molecule has 12 nitrogen and oxygen atoms in total. The van der Waals surface area contributed by atoms with Crippen molar-refractivity contribution in [3.63, 3.8) is 0 Å². The number of aromatic nitrogens is 2. The molecule has 1 aromatic heterocycles. The summed E-state index contributed by atoms with van der Waals surface area (Å²) in [4.78, 5) is 61.2. The van der Waals surface area contributed by atoms with E-state index in [9.17, 15) is 32.3 Å². The highest BCUT2D eigenvalue weighted by Gasteiger charge is 2.41. The maximum atomic E-state index is 12.8. The number of alkyl halides is 3. The lowest BCUT2D eigenvalue weighted by Crippen LogP contribution is -2.34. The molecule has 0 spiro atoms. The van der Waals surface area contributed by atoms with Crippen LogP contribution < -0.4 is 17.0 Å². The number of benzene rings is 2. The van der Waals surface area contributed by atoms with E-state index >= 15 is 0 Å². The minimum absolute atomic E-state index is 0.0288. The quantitative estimate of drug-likeness (QED) is 0.270. The van der Waals surface area contributed by atoms with Crippen LogP contribution in [-0.2, 0) is 19.0 Å². The summed E-state index contributed by atoms with van der Waals surface area (Å²) in [5, 5.41) is 7.12. The van der Waals surface area contributed by atoms with Gasteiger partial charge in [-0.3, -0.25) is 14.3 Å². The van der Waals surface area contributed by atoms with Crippen LogP contribution in [0.3, 0.4) is 0 Å². The fourth-order valence-electron chi connectivity index (χ4n) is 3.91. The van der Waals surface area contributed by atoms with Gasteiger partial charge in [0.05, 0.1) is 17.7 Å². The number of hydrogen-bond donors (Lipinski definition) is 3. The fraction of sp³-hybridized carbons (Fsp3) is 0.300. The van der Waals surface area contributed by atoms with Gasteiger partial charge in [-0.2, -0.15) is 13.2 Å². The molecular formula is C30H28F3N3O9. The number of hydrogen-bond acceptors (Lipinski definition) is 9. The van der Waals surface area contributed by atoms with E-state index < -0.39 is 53.8 Å². The lowest BCUT2D eigenvalue weighted by Gasteiger charge is -2.19. The zero-order chi connectivity index (χ0) is 33.3. The van der Waals surface area contributed by atoms with Crippen LogP contribution >= 0.6 is 0 Å². The highest BCUT2D eigenvalue weighted by Crippen LogP contribution is 2.31. The fourth-order valence-corrected chi connectivity index (χ4v) is 3.91. The van der Waals surface area contributed by atoms with Crippen LogP contribution in [0.25, 0.3) is 0 Å². The lowest BCUT2D eigenvalue weighted by molar-refractivity contribution is -0.192. The average Bonchev–Trinajstić information content (AvgIpc) is 3.38. The van der Waals surface area contributed by atoms with Crippen LogP contribution in [0.4, 0.5) is 13.2 Å². The van der Waals surface area contributed by atoms with Gasteiger partial charge < -0.3 is 25.1 Å². The number of esters is 2. The number of halogens is 3. The molecule has 2 heterocycles. The van der Waals surface area contributed by atoms with Crippen molar-refractivity contribution in [1.29, 1.82) is 0 Å². The molecular weight excluding hydrogens is 603 g/mol. The molecule has 0 bridgehead atoms. The number of ether oxygens (including phenoxy) is 3. The van der Waals surface area contributed by atoms with Crippen molar-refractivity contribution in [2.45, 2.75) is 44.9 Å². The number of carboxylic acids is 1. The van der Waals surface area contributed by atoms with Crippen molar-refractivity contribution in [1.82, 2.24) is 9.55 Å². The molecule has 3 aromatic rings. The molecule has 1 aliphatic heterocycles. The summed E-state index contributed by atoms with van der Waals surface area (Å²) in [7, 11) is 0. The SMILES string of the molecule is Cc1ccc(C(=O)OC[C@H]2O[C@@H](n3cc(C#CCN)c(=O)[nH]c3=O)C[C@@H]2OC(=O)c2ccc(C)cc2)cc1.O=C(O)C(F)(F)F. The van der Waals surface area contributed by atoms with E-state index in [2.05, 4.69) is 16.8 Å². The van der Waals surface area contributed by atoms with E-state index in [1.807, 2.05) is 13.8 Å².